The molecule has 2 atom stereocenters. The number of hydrogen-bond acceptors (Lipinski definition) is 5. The lowest BCUT2D eigenvalue weighted by molar-refractivity contribution is -0.134. The molecule has 24 heavy (non-hydrogen) atoms. The summed E-state index contributed by atoms with van der Waals surface area (Å²) in [5, 5.41) is 3.96. The molecule has 6 heteroatoms. The summed E-state index contributed by atoms with van der Waals surface area (Å²) in [4.78, 5) is 18.9. The molecule has 1 aromatic carbocycles. The second-order valence-electron chi connectivity index (χ2n) is 6.61. The van der Waals surface area contributed by atoms with Gasteiger partial charge in [-0.2, -0.15) is 4.98 Å². The van der Waals surface area contributed by atoms with Crippen LogP contribution in [0.5, 0.6) is 0 Å². The Balaban J connectivity index is 1.63. The van der Waals surface area contributed by atoms with Gasteiger partial charge in [0.2, 0.25) is 11.8 Å². The van der Waals surface area contributed by atoms with E-state index in [9.17, 15) is 4.79 Å². The first-order valence-electron chi connectivity index (χ1n) is 8.43. The molecular formula is C18H24N4O2. The third-order valence-electron chi connectivity index (χ3n) is 4.57. The van der Waals surface area contributed by atoms with Crippen LogP contribution in [0, 0.1) is 19.8 Å². The van der Waals surface area contributed by atoms with Crippen LogP contribution < -0.4 is 5.73 Å². The molecule has 2 unspecified atom stereocenters. The van der Waals surface area contributed by atoms with Gasteiger partial charge in [0, 0.05) is 26.4 Å². The van der Waals surface area contributed by atoms with Crippen LogP contribution in [0.4, 0.5) is 0 Å². The minimum atomic E-state index is -0.600. The van der Waals surface area contributed by atoms with Crippen molar-refractivity contribution in [2.45, 2.75) is 39.2 Å². The molecule has 1 aromatic heterocycles. The minimum Gasteiger partial charge on any atom is -0.341 e. The zero-order valence-corrected chi connectivity index (χ0v) is 14.2. The summed E-state index contributed by atoms with van der Waals surface area (Å²) >= 11 is 0. The number of benzene rings is 1. The summed E-state index contributed by atoms with van der Waals surface area (Å²) in [6, 6.07) is 7.24. The molecule has 0 spiro atoms. The van der Waals surface area contributed by atoms with E-state index in [2.05, 4.69) is 10.1 Å². The van der Waals surface area contributed by atoms with E-state index >= 15 is 0 Å². The molecule has 1 amide bonds. The fourth-order valence-electron chi connectivity index (χ4n) is 3.23. The van der Waals surface area contributed by atoms with Crippen LogP contribution in [0.25, 0.3) is 0 Å². The lowest BCUT2D eigenvalue weighted by Gasteiger charge is -2.34. The number of nitrogens with two attached hydrogens (primary N) is 1. The number of carbonyl (C=O) groups is 1. The molecule has 2 N–H and O–H groups in total. The van der Waals surface area contributed by atoms with Gasteiger partial charge in [0.15, 0.2) is 5.82 Å². The predicted octanol–water partition coefficient (Wildman–Crippen LogP) is 2.17. The van der Waals surface area contributed by atoms with Gasteiger partial charge in [0.05, 0.1) is 0 Å². The van der Waals surface area contributed by atoms with Gasteiger partial charge < -0.3 is 15.2 Å². The van der Waals surface area contributed by atoms with Gasteiger partial charge in [0.1, 0.15) is 6.04 Å². The maximum Gasteiger partial charge on any atom is 0.244 e. The Hall–Kier alpha value is -2.21. The SMILES string of the molecule is Cc1ccc(C(N)C(=O)N2CCCC(Cc3noc(C)n3)C2)cc1. The molecule has 1 saturated heterocycles. The van der Waals surface area contributed by atoms with Crippen LogP contribution in [0.15, 0.2) is 28.8 Å². The van der Waals surface area contributed by atoms with Gasteiger partial charge in [0.25, 0.3) is 0 Å². The fraction of sp³-hybridized carbons (Fsp3) is 0.500. The highest BCUT2D eigenvalue weighted by atomic mass is 16.5. The molecule has 128 valence electrons. The van der Waals surface area contributed by atoms with Crippen molar-refractivity contribution in [3.8, 4) is 0 Å². The summed E-state index contributed by atoms with van der Waals surface area (Å²) in [7, 11) is 0. The highest BCUT2D eigenvalue weighted by Crippen LogP contribution is 2.23. The van der Waals surface area contributed by atoms with Crippen molar-refractivity contribution in [1.29, 1.82) is 0 Å². The van der Waals surface area contributed by atoms with Gasteiger partial charge in [-0.25, -0.2) is 0 Å². The van der Waals surface area contributed by atoms with Crippen LogP contribution in [0.3, 0.4) is 0 Å². The molecule has 0 saturated carbocycles. The zero-order chi connectivity index (χ0) is 17.1. The molecule has 3 rings (SSSR count). The average molecular weight is 328 g/mol. The van der Waals surface area contributed by atoms with Crippen molar-refractivity contribution in [1.82, 2.24) is 15.0 Å². The Morgan fingerprint density at radius 1 is 1.38 bits per heavy atom. The highest BCUT2D eigenvalue weighted by Gasteiger charge is 2.28. The molecule has 1 fully saturated rings. The lowest BCUT2D eigenvalue weighted by Crippen LogP contribution is -2.44. The molecule has 1 aliphatic rings. The Bertz CT molecular complexity index is 695. The molecule has 2 aromatic rings. The number of amides is 1. The third-order valence-corrected chi connectivity index (χ3v) is 4.57. The number of likely N-dealkylation sites (tertiary alicyclic amines) is 1. The van der Waals surface area contributed by atoms with Crippen molar-refractivity contribution in [3.63, 3.8) is 0 Å². The number of aryl methyl sites for hydroxylation is 2. The minimum absolute atomic E-state index is 0.00662. The van der Waals surface area contributed by atoms with Crippen LogP contribution in [0.2, 0.25) is 0 Å². The number of nitrogens with zero attached hydrogens (tertiary/aromatic N) is 3. The zero-order valence-electron chi connectivity index (χ0n) is 14.2. The van der Waals surface area contributed by atoms with Crippen molar-refractivity contribution < 1.29 is 9.32 Å². The normalized spacial score (nSPS) is 19.3. The van der Waals surface area contributed by atoms with Gasteiger partial charge >= 0.3 is 0 Å². The molecule has 1 aliphatic heterocycles. The van der Waals surface area contributed by atoms with Gasteiger partial charge in [-0.3, -0.25) is 4.79 Å². The summed E-state index contributed by atoms with van der Waals surface area (Å²) in [5.74, 6) is 1.64. The van der Waals surface area contributed by atoms with E-state index in [4.69, 9.17) is 10.3 Å². The van der Waals surface area contributed by atoms with E-state index < -0.39 is 6.04 Å². The van der Waals surface area contributed by atoms with Crippen LogP contribution in [-0.4, -0.2) is 34.0 Å². The van der Waals surface area contributed by atoms with Crippen molar-refractivity contribution >= 4 is 5.91 Å². The van der Waals surface area contributed by atoms with E-state index in [0.29, 0.717) is 18.4 Å². The molecule has 0 aliphatic carbocycles. The smallest absolute Gasteiger partial charge is 0.244 e. The number of piperidine rings is 1. The third kappa shape index (κ3) is 3.82. The Morgan fingerprint density at radius 3 is 2.79 bits per heavy atom. The van der Waals surface area contributed by atoms with E-state index in [0.717, 1.165) is 42.8 Å². The average Bonchev–Trinajstić information content (AvgIpc) is 2.99. The van der Waals surface area contributed by atoms with E-state index in [1.54, 1.807) is 6.92 Å². The first-order chi connectivity index (χ1) is 11.5. The topological polar surface area (TPSA) is 85.3 Å². The molecule has 2 heterocycles. The predicted molar refractivity (Wildman–Crippen MR) is 90.2 cm³/mol. The Labute approximate surface area is 142 Å². The number of aromatic nitrogens is 2. The van der Waals surface area contributed by atoms with Crippen LogP contribution >= 0.6 is 0 Å². The monoisotopic (exact) mass is 328 g/mol. The highest BCUT2D eigenvalue weighted by molar-refractivity contribution is 5.83. The summed E-state index contributed by atoms with van der Waals surface area (Å²) in [5.41, 5.74) is 8.21. The van der Waals surface area contributed by atoms with Gasteiger partial charge in [-0.15, -0.1) is 0 Å². The number of carbonyl (C=O) groups excluding carboxylic acids is 1. The standard InChI is InChI=1S/C18H24N4O2/c1-12-5-7-15(8-6-12)17(19)18(23)22-9-3-4-14(11-22)10-16-20-13(2)24-21-16/h5-8,14,17H,3-4,9-11,19H2,1-2H3. The van der Waals surface area contributed by atoms with E-state index in [1.807, 2.05) is 36.1 Å². The molecule has 0 radical (unpaired) electrons. The Morgan fingerprint density at radius 2 is 2.12 bits per heavy atom. The number of hydrogen-bond donors (Lipinski definition) is 1. The van der Waals surface area contributed by atoms with Crippen LogP contribution in [-0.2, 0) is 11.2 Å². The van der Waals surface area contributed by atoms with Crippen LogP contribution in [0.1, 0.15) is 41.7 Å². The second-order valence-corrected chi connectivity index (χ2v) is 6.61. The number of rotatable bonds is 4. The van der Waals surface area contributed by atoms with Crippen molar-refractivity contribution in [3.05, 3.63) is 47.1 Å². The summed E-state index contributed by atoms with van der Waals surface area (Å²) < 4.78 is 5.02. The molecular weight excluding hydrogens is 304 g/mol. The van der Waals surface area contributed by atoms with Crippen molar-refractivity contribution in [2.24, 2.45) is 11.7 Å². The fourth-order valence-corrected chi connectivity index (χ4v) is 3.23. The largest absolute Gasteiger partial charge is 0.341 e. The second kappa shape index (κ2) is 7.13. The maximum absolute atomic E-state index is 12.7. The van der Waals surface area contributed by atoms with Gasteiger partial charge in [-0.1, -0.05) is 35.0 Å². The first-order valence-corrected chi connectivity index (χ1v) is 8.43. The lowest BCUT2D eigenvalue weighted by atomic mass is 9.93. The van der Waals surface area contributed by atoms with Crippen molar-refractivity contribution in [2.75, 3.05) is 13.1 Å². The quantitative estimate of drug-likeness (QED) is 0.929. The van der Waals surface area contributed by atoms with Gasteiger partial charge in [-0.05, 0) is 31.2 Å². The molecule has 6 nitrogen and oxygen atoms in total. The summed E-state index contributed by atoms with van der Waals surface area (Å²) in [6.07, 6.45) is 2.78. The first kappa shape index (κ1) is 16.6. The summed E-state index contributed by atoms with van der Waals surface area (Å²) in [6.45, 7) is 5.27. The van der Waals surface area contributed by atoms with E-state index in [1.165, 1.54) is 0 Å². The molecule has 0 bridgehead atoms. The maximum atomic E-state index is 12.7. The Kier molecular flexibility index (Phi) is 4.94. The van der Waals surface area contributed by atoms with E-state index in [-0.39, 0.29) is 5.91 Å².